The minimum absolute atomic E-state index is 0. The summed E-state index contributed by atoms with van der Waals surface area (Å²) in [4.78, 5) is 23.7. The zero-order valence-electron chi connectivity index (χ0n) is 11.4. The SMILES string of the molecule is CC(C)(C)OC(=O)N1CCC([B-](F)(F)F)=CC1=O.[K+]. The molecule has 0 aromatic carbocycles. The fourth-order valence-electron chi connectivity index (χ4n) is 1.42. The standard InChI is InChI=1S/C10H14BF3NO3.K/c1-10(2,3)18-9(17)15-5-4-7(6-8(15)16)11(12,13)14;/h6H,4-5H2,1-3H3;/q-1;+1. The molecule has 0 aromatic heterocycles. The second-order valence-electron chi connectivity index (χ2n) is 5.01. The first kappa shape index (κ1) is 19.2. The van der Waals surface area contributed by atoms with Gasteiger partial charge >= 0.3 is 64.5 Å². The maximum atomic E-state index is 12.4. The number of hydrogen-bond acceptors (Lipinski definition) is 3. The summed E-state index contributed by atoms with van der Waals surface area (Å²) in [7, 11) is 0. The van der Waals surface area contributed by atoms with E-state index in [0.717, 1.165) is 0 Å². The molecule has 0 unspecified atom stereocenters. The van der Waals surface area contributed by atoms with E-state index in [1.165, 1.54) is 0 Å². The number of carbonyl (C=O) groups excluding carboxylic acids is 2. The number of nitrogens with zero attached hydrogens (tertiary/aromatic N) is 1. The molecule has 1 aliphatic heterocycles. The van der Waals surface area contributed by atoms with Gasteiger partial charge in [0.1, 0.15) is 5.60 Å². The minimum atomic E-state index is -5.17. The largest absolute Gasteiger partial charge is 1.00 e. The molecular formula is C10H14BF3KNO3. The molecule has 0 fully saturated rings. The van der Waals surface area contributed by atoms with E-state index in [2.05, 4.69) is 0 Å². The van der Waals surface area contributed by atoms with Gasteiger partial charge in [-0.05, 0) is 33.3 Å². The molecule has 0 spiro atoms. The van der Waals surface area contributed by atoms with Gasteiger partial charge in [0, 0.05) is 6.54 Å². The number of rotatable bonds is 1. The van der Waals surface area contributed by atoms with Crippen LogP contribution in [0.15, 0.2) is 11.5 Å². The summed E-state index contributed by atoms with van der Waals surface area (Å²) < 4.78 is 42.2. The molecule has 1 rings (SSSR count). The van der Waals surface area contributed by atoms with Crippen molar-refractivity contribution in [2.75, 3.05) is 6.54 Å². The van der Waals surface area contributed by atoms with Crippen LogP contribution in [0.3, 0.4) is 0 Å². The van der Waals surface area contributed by atoms with Crippen LogP contribution in [0.2, 0.25) is 0 Å². The smallest absolute Gasteiger partial charge is 0.445 e. The van der Waals surface area contributed by atoms with E-state index in [1.807, 2.05) is 0 Å². The molecule has 0 saturated carbocycles. The van der Waals surface area contributed by atoms with Crippen molar-refractivity contribution in [3.8, 4) is 0 Å². The first-order valence-corrected chi connectivity index (χ1v) is 5.45. The predicted molar refractivity (Wildman–Crippen MR) is 59.7 cm³/mol. The van der Waals surface area contributed by atoms with Gasteiger partial charge in [0.25, 0.3) is 5.91 Å². The topological polar surface area (TPSA) is 46.6 Å². The average Bonchev–Trinajstić information content (AvgIpc) is 2.12. The van der Waals surface area contributed by atoms with E-state index in [4.69, 9.17) is 4.74 Å². The van der Waals surface area contributed by atoms with Crippen LogP contribution in [0.4, 0.5) is 17.7 Å². The Kier molecular flexibility index (Phi) is 6.81. The van der Waals surface area contributed by atoms with E-state index in [9.17, 15) is 22.5 Å². The Bertz CT molecular complexity index is 404. The average molecular weight is 303 g/mol. The molecule has 0 radical (unpaired) electrons. The Morgan fingerprint density at radius 2 is 1.89 bits per heavy atom. The summed E-state index contributed by atoms with van der Waals surface area (Å²) in [5.41, 5.74) is -1.66. The quantitative estimate of drug-likeness (QED) is 0.612. The van der Waals surface area contributed by atoms with E-state index >= 15 is 0 Å². The van der Waals surface area contributed by atoms with Gasteiger partial charge in [-0.1, -0.05) is 0 Å². The van der Waals surface area contributed by atoms with Crippen LogP contribution in [0.1, 0.15) is 27.2 Å². The Balaban J connectivity index is 0.00000324. The van der Waals surface area contributed by atoms with E-state index in [-0.39, 0.29) is 64.4 Å². The van der Waals surface area contributed by atoms with Crippen molar-refractivity contribution in [3.63, 3.8) is 0 Å². The summed E-state index contributed by atoms with van der Waals surface area (Å²) in [6, 6.07) is 0. The van der Waals surface area contributed by atoms with Gasteiger partial charge in [-0.15, -0.1) is 5.47 Å². The maximum absolute atomic E-state index is 12.4. The number of amides is 2. The number of hydrogen-bond donors (Lipinski definition) is 0. The van der Waals surface area contributed by atoms with Crippen LogP contribution in [0.5, 0.6) is 0 Å². The zero-order chi connectivity index (χ0) is 14.1. The van der Waals surface area contributed by atoms with Crippen LogP contribution < -0.4 is 51.4 Å². The zero-order valence-corrected chi connectivity index (χ0v) is 14.5. The van der Waals surface area contributed by atoms with Crippen molar-refractivity contribution in [2.45, 2.75) is 32.8 Å². The van der Waals surface area contributed by atoms with Crippen LogP contribution >= 0.6 is 0 Å². The Labute approximate surface area is 152 Å². The molecule has 9 heteroatoms. The van der Waals surface area contributed by atoms with Gasteiger partial charge in [-0.2, -0.15) is 0 Å². The predicted octanol–water partition coefficient (Wildman–Crippen LogP) is -0.529. The minimum Gasteiger partial charge on any atom is -0.445 e. The molecule has 2 amide bonds. The van der Waals surface area contributed by atoms with Crippen molar-refractivity contribution in [3.05, 3.63) is 11.5 Å². The molecule has 1 heterocycles. The summed E-state index contributed by atoms with van der Waals surface area (Å²) in [5.74, 6) is -0.982. The Morgan fingerprint density at radius 1 is 1.37 bits per heavy atom. The first-order valence-electron chi connectivity index (χ1n) is 5.45. The monoisotopic (exact) mass is 303 g/mol. The molecule has 0 bridgehead atoms. The first-order chi connectivity index (χ1) is 8.00. The third kappa shape index (κ3) is 5.99. The molecule has 19 heavy (non-hydrogen) atoms. The Hall–Kier alpha value is 0.171. The van der Waals surface area contributed by atoms with Crippen LogP contribution in [-0.4, -0.2) is 36.0 Å². The molecule has 102 valence electrons. The van der Waals surface area contributed by atoms with Crippen molar-refractivity contribution in [1.29, 1.82) is 0 Å². The number of imide groups is 1. The molecule has 4 nitrogen and oxygen atoms in total. The summed E-state index contributed by atoms with van der Waals surface area (Å²) in [6.45, 7) is -0.642. The maximum Gasteiger partial charge on any atom is 1.00 e. The molecule has 0 aliphatic carbocycles. The summed E-state index contributed by atoms with van der Waals surface area (Å²) in [6.07, 6.45) is -0.834. The van der Waals surface area contributed by atoms with E-state index in [1.54, 1.807) is 20.8 Å². The third-order valence-corrected chi connectivity index (χ3v) is 2.23. The summed E-state index contributed by atoms with van der Waals surface area (Å²) in [5, 5.41) is 0. The fraction of sp³-hybridized carbons (Fsp3) is 0.600. The number of carbonyl (C=O) groups is 2. The molecule has 0 aromatic rings. The number of halogens is 3. The van der Waals surface area contributed by atoms with Crippen LogP contribution in [0.25, 0.3) is 0 Å². The molecular weight excluding hydrogens is 289 g/mol. The van der Waals surface area contributed by atoms with Crippen LogP contribution in [0, 0.1) is 0 Å². The van der Waals surface area contributed by atoms with E-state index in [0.29, 0.717) is 11.0 Å². The second kappa shape index (κ2) is 6.75. The molecule has 0 N–H and O–H groups in total. The normalized spacial score (nSPS) is 16.6. The van der Waals surface area contributed by atoms with Gasteiger partial charge in [0.15, 0.2) is 0 Å². The van der Waals surface area contributed by atoms with Gasteiger partial charge in [0.05, 0.1) is 0 Å². The van der Waals surface area contributed by atoms with Gasteiger partial charge in [0.2, 0.25) is 0 Å². The number of ether oxygens (including phenoxy) is 1. The van der Waals surface area contributed by atoms with Gasteiger partial charge < -0.3 is 17.7 Å². The van der Waals surface area contributed by atoms with E-state index < -0.39 is 30.1 Å². The summed E-state index contributed by atoms with van der Waals surface area (Å²) >= 11 is 0. The fourth-order valence-corrected chi connectivity index (χ4v) is 1.42. The van der Waals surface area contributed by atoms with Crippen molar-refractivity contribution >= 4 is 19.0 Å². The second-order valence-corrected chi connectivity index (χ2v) is 5.01. The van der Waals surface area contributed by atoms with Gasteiger partial charge in [-0.3, -0.25) is 4.79 Å². The van der Waals surface area contributed by atoms with Crippen LogP contribution in [-0.2, 0) is 9.53 Å². The van der Waals surface area contributed by atoms with Crippen molar-refractivity contribution < 1.29 is 78.7 Å². The molecule has 1 aliphatic rings. The Morgan fingerprint density at radius 3 is 2.26 bits per heavy atom. The third-order valence-electron chi connectivity index (χ3n) is 2.23. The molecule has 0 saturated heterocycles. The van der Waals surface area contributed by atoms with Crippen molar-refractivity contribution in [2.24, 2.45) is 0 Å². The van der Waals surface area contributed by atoms with Crippen molar-refractivity contribution in [1.82, 2.24) is 4.90 Å². The molecule has 0 atom stereocenters. The van der Waals surface area contributed by atoms with Gasteiger partial charge in [-0.25, -0.2) is 9.69 Å².